The van der Waals surface area contributed by atoms with E-state index < -0.39 is 0 Å². The molecular formula is C28H29N5O3. The number of amides is 2. The zero-order valence-electron chi connectivity index (χ0n) is 20.3. The number of carbonyl (C=O) groups excluding carboxylic acids is 2. The molecule has 1 aliphatic heterocycles. The quantitative estimate of drug-likeness (QED) is 0.402. The third kappa shape index (κ3) is 5.23. The van der Waals surface area contributed by atoms with Gasteiger partial charge >= 0.3 is 0 Å². The summed E-state index contributed by atoms with van der Waals surface area (Å²) >= 11 is 0. The molecule has 2 amide bonds. The van der Waals surface area contributed by atoms with Gasteiger partial charge in [-0.1, -0.05) is 48.5 Å². The number of aromatic nitrogens is 2. The molecule has 3 heterocycles. The maximum Gasteiger partial charge on any atom is 0.289 e. The highest BCUT2D eigenvalue weighted by molar-refractivity contribution is 5.91. The van der Waals surface area contributed by atoms with Crippen molar-refractivity contribution in [3.05, 3.63) is 96.6 Å². The van der Waals surface area contributed by atoms with E-state index in [1.165, 1.54) is 6.26 Å². The first kappa shape index (κ1) is 23.6. The van der Waals surface area contributed by atoms with Crippen LogP contribution in [-0.2, 0) is 11.3 Å². The van der Waals surface area contributed by atoms with Crippen LogP contribution in [0.2, 0.25) is 0 Å². The maximum absolute atomic E-state index is 13.0. The van der Waals surface area contributed by atoms with E-state index in [0.29, 0.717) is 38.5 Å². The molecule has 36 heavy (non-hydrogen) atoms. The van der Waals surface area contributed by atoms with E-state index in [1.807, 2.05) is 76.3 Å². The van der Waals surface area contributed by atoms with Gasteiger partial charge in [0.05, 0.1) is 24.2 Å². The predicted octanol–water partition coefficient (Wildman–Crippen LogP) is 3.55. The van der Waals surface area contributed by atoms with Crippen LogP contribution in [-0.4, -0.2) is 76.1 Å². The molecule has 0 saturated carbocycles. The van der Waals surface area contributed by atoms with Crippen molar-refractivity contribution < 1.29 is 14.0 Å². The number of rotatable bonds is 7. The number of hydrogen-bond acceptors (Lipinski definition) is 5. The zero-order chi connectivity index (χ0) is 24.9. The molecule has 0 bridgehead atoms. The van der Waals surface area contributed by atoms with Crippen molar-refractivity contribution in [1.29, 1.82) is 0 Å². The Kier molecular flexibility index (Phi) is 6.95. The van der Waals surface area contributed by atoms with E-state index in [2.05, 4.69) is 12.1 Å². The SMILES string of the molecule is CN(CC(=O)N1CCN(C(=O)c2ccco2)CC1)Cc1cn(-c2ccccc2)nc1-c1ccccc1. The Morgan fingerprint density at radius 2 is 1.56 bits per heavy atom. The Morgan fingerprint density at radius 3 is 2.22 bits per heavy atom. The number of carbonyl (C=O) groups is 2. The summed E-state index contributed by atoms with van der Waals surface area (Å²) in [6, 6.07) is 23.5. The molecule has 1 saturated heterocycles. The van der Waals surface area contributed by atoms with Crippen molar-refractivity contribution in [2.24, 2.45) is 0 Å². The van der Waals surface area contributed by atoms with E-state index in [-0.39, 0.29) is 18.4 Å². The van der Waals surface area contributed by atoms with Crippen molar-refractivity contribution in [3.63, 3.8) is 0 Å². The van der Waals surface area contributed by atoms with Gasteiger partial charge in [0.25, 0.3) is 5.91 Å². The highest BCUT2D eigenvalue weighted by Crippen LogP contribution is 2.24. The minimum absolute atomic E-state index is 0.0549. The third-order valence-corrected chi connectivity index (χ3v) is 6.35. The number of hydrogen-bond donors (Lipinski definition) is 0. The van der Waals surface area contributed by atoms with Gasteiger partial charge in [-0.25, -0.2) is 4.68 Å². The average molecular weight is 484 g/mol. The number of piperazine rings is 1. The Bertz CT molecular complexity index is 1290. The maximum atomic E-state index is 13.0. The summed E-state index contributed by atoms with van der Waals surface area (Å²) in [5, 5.41) is 4.87. The third-order valence-electron chi connectivity index (χ3n) is 6.35. The van der Waals surface area contributed by atoms with Crippen molar-refractivity contribution in [3.8, 4) is 16.9 Å². The van der Waals surface area contributed by atoms with E-state index in [0.717, 1.165) is 22.5 Å². The standard InChI is InChI=1S/C28H29N5O3/c1-30(21-26(34)31-14-16-32(17-15-31)28(35)25-13-8-18-36-25)19-23-20-33(24-11-6-3-7-12-24)29-27(23)22-9-4-2-5-10-22/h2-13,18,20H,14-17,19,21H2,1H3. The summed E-state index contributed by atoms with van der Waals surface area (Å²) in [6.07, 6.45) is 3.54. The molecule has 0 radical (unpaired) electrons. The lowest BCUT2D eigenvalue weighted by atomic mass is 10.1. The molecule has 184 valence electrons. The van der Waals surface area contributed by atoms with Gasteiger partial charge in [0, 0.05) is 50.0 Å². The first-order valence-electron chi connectivity index (χ1n) is 12.1. The van der Waals surface area contributed by atoms with Crippen LogP contribution in [0.15, 0.2) is 89.7 Å². The van der Waals surface area contributed by atoms with E-state index in [4.69, 9.17) is 9.52 Å². The molecule has 0 unspecified atom stereocenters. The number of benzene rings is 2. The molecule has 4 aromatic rings. The van der Waals surface area contributed by atoms with Crippen molar-refractivity contribution in [2.75, 3.05) is 39.8 Å². The second-order valence-corrected chi connectivity index (χ2v) is 8.97. The van der Waals surface area contributed by atoms with E-state index in [9.17, 15) is 9.59 Å². The fourth-order valence-electron chi connectivity index (χ4n) is 4.47. The average Bonchev–Trinajstić information content (AvgIpc) is 3.60. The molecule has 0 spiro atoms. The van der Waals surface area contributed by atoms with Crippen molar-refractivity contribution in [1.82, 2.24) is 24.5 Å². The van der Waals surface area contributed by atoms with Gasteiger partial charge in [0.1, 0.15) is 0 Å². The normalized spacial score (nSPS) is 13.8. The van der Waals surface area contributed by atoms with Crippen LogP contribution in [0.3, 0.4) is 0 Å². The molecular weight excluding hydrogens is 454 g/mol. The second kappa shape index (κ2) is 10.6. The Balaban J connectivity index is 1.23. The fraction of sp³-hybridized carbons (Fsp3) is 0.250. The van der Waals surface area contributed by atoms with Gasteiger partial charge in [-0.3, -0.25) is 14.5 Å². The van der Waals surface area contributed by atoms with Crippen LogP contribution >= 0.6 is 0 Å². The van der Waals surface area contributed by atoms with E-state index in [1.54, 1.807) is 17.0 Å². The molecule has 2 aromatic carbocycles. The lowest BCUT2D eigenvalue weighted by Crippen LogP contribution is -2.52. The monoisotopic (exact) mass is 483 g/mol. The smallest absolute Gasteiger partial charge is 0.289 e. The van der Waals surface area contributed by atoms with Gasteiger partial charge in [0.15, 0.2) is 5.76 Å². The summed E-state index contributed by atoms with van der Waals surface area (Å²) in [4.78, 5) is 31.1. The van der Waals surface area contributed by atoms with Gasteiger partial charge in [-0.15, -0.1) is 0 Å². The number of nitrogens with zero attached hydrogens (tertiary/aromatic N) is 5. The van der Waals surface area contributed by atoms with Crippen LogP contribution in [0, 0.1) is 0 Å². The summed E-state index contributed by atoms with van der Waals surface area (Å²) in [5.41, 5.74) is 3.99. The second-order valence-electron chi connectivity index (χ2n) is 8.97. The van der Waals surface area contributed by atoms with Crippen LogP contribution in [0.5, 0.6) is 0 Å². The molecule has 1 aliphatic rings. The summed E-state index contributed by atoms with van der Waals surface area (Å²) in [7, 11) is 1.95. The lowest BCUT2D eigenvalue weighted by Gasteiger charge is -2.35. The first-order chi connectivity index (χ1) is 17.6. The van der Waals surface area contributed by atoms with Gasteiger partial charge in [-0.05, 0) is 31.3 Å². The van der Waals surface area contributed by atoms with Crippen LogP contribution in [0.1, 0.15) is 16.1 Å². The van der Waals surface area contributed by atoms with Crippen LogP contribution < -0.4 is 0 Å². The lowest BCUT2D eigenvalue weighted by molar-refractivity contribution is -0.133. The number of furan rings is 1. The zero-order valence-corrected chi connectivity index (χ0v) is 20.3. The Labute approximate surface area is 210 Å². The number of para-hydroxylation sites is 1. The molecule has 8 nitrogen and oxygen atoms in total. The summed E-state index contributed by atoms with van der Waals surface area (Å²) in [6.45, 7) is 2.89. The molecule has 2 aromatic heterocycles. The Morgan fingerprint density at radius 1 is 0.889 bits per heavy atom. The van der Waals surface area contributed by atoms with E-state index >= 15 is 0 Å². The predicted molar refractivity (Wildman–Crippen MR) is 137 cm³/mol. The highest BCUT2D eigenvalue weighted by Gasteiger charge is 2.26. The molecule has 8 heteroatoms. The molecule has 0 N–H and O–H groups in total. The fourth-order valence-corrected chi connectivity index (χ4v) is 4.47. The summed E-state index contributed by atoms with van der Waals surface area (Å²) < 4.78 is 7.11. The molecule has 1 fully saturated rings. The Hall–Kier alpha value is -4.17. The van der Waals surface area contributed by atoms with Crippen LogP contribution in [0.25, 0.3) is 16.9 Å². The topological polar surface area (TPSA) is 74.8 Å². The van der Waals surface area contributed by atoms with Gasteiger partial charge in [-0.2, -0.15) is 5.10 Å². The summed E-state index contributed by atoms with van der Waals surface area (Å²) in [5.74, 6) is 0.257. The number of likely N-dealkylation sites (N-methyl/N-ethyl adjacent to an activating group) is 1. The largest absolute Gasteiger partial charge is 0.459 e. The van der Waals surface area contributed by atoms with Crippen LogP contribution in [0.4, 0.5) is 0 Å². The minimum atomic E-state index is -0.131. The molecule has 0 atom stereocenters. The minimum Gasteiger partial charge on any atom is -0.459 e. The highest BCUT2D eigenvalue weighted by atomic mass is 16.3. The van der Waals surface area contributed by atoms with Crippen molar-refractivity contribution >= 4 is 11.8 Å². The van der Waals surface area contributed by atoms with Gasteiger partial charge in [0.2, 0.25) is 5.91 Å². The first-order valence-corrected chi connectivity index (χ1v) is 12.1. The van der Waals surface area contributed by atoms with Gasteiger partial charge < -0.3 is 14.2 Å². The van der Waals surface area contributed by atoms with Crippen molar-refractivity contribution in [2.45, 2.75) is 6.54 Å². The molecule has 5 rings (SSSR count). The molecule has 0 aliphatic carbocycles.